The molecule has 3 aliphatic rings. The third kappa shape index (κ3) is 4.17. The lowest BCUT2D eigenvalue weighted by atomic mass is 9.55. The number of allylic oxidation sites excluding steroid dienone is 1. The number of hydrogen-bond acceptors (Lipinski definition) is 4. The number of halogens is 2. The number of carbonyl (C=O) groups excluding carboxylic acids is 1. The van der Waals surface area contributed by atoms with E-state index in [4.69, 9.17) is 0 Å². The van der Waals surface area contributed by atoms with Crippen molar-refractivity contribution in [3.8, 4) is 0 Å². The van der Waals surface area contributed by atoms with Crippen LogP contribution in [0.4, 0.5) is 8.78 Å². The smallest absolute Gasteiger partial charge is 0.228 e. The Hall–Kier alpha value is -2.62. The fraction of sp³-hybridized carbons (Fsp3) is 0.444. The highest BCUT2D eigenvalue weighted by Crippen LogP contribution is 2.55. The van der Waals surface area contributed by atoms with Gasteiger partial charge in [0, 0.05) is 41.2 Å². The number of benzene rings is 2. The summed E-state index contributed by atoms with van der Waals surface area (Å²) < 4.78 is 59.4. The van der Waals surface area contributed by atoms with Crippen LogP contribution in [0.15, 0.2) is 54.2 Å². The summed E-state index contributed by atoms with van der Waals surface area (Å²) in [5.74, 6) is -1.64. The van der Waals surface area contributed by atoms with Gasteiger partial charge in [-0.1, -0.05) is 36.4 Å². The Labute approximate surface area is 210 Å². The van der Waals surface area contributed by atoms with Crippen LogP contribution in [0.1, 0.15) is 67.9 Å². The summed E-state index contributed by atoms with van der Waals surface area (Å²) in [5, 5.41) is 12.4. The van der Waals surface area contributed by atoms with E-state index in [0.717, 1.165) is 12.1 Å². The van der Waals surface area contributed by atoms with E-state index < -0.39 is 37.9 Å². The van der Waals surface area contributed by atoms with Gasteiger partial charge < -0.3 is 10.4 Å². The van der Waals surface area contributed by atoms with Crippen molar-refractivity contribution in [3.63, 3.8) is 0 Å². The lowest BCUT2D eigenvalue weighted by Crippen LogP contribution is -2.56. The van der Waals surface area contributed by atoms with Gasteiger partial charge in [-0.2, -0.15) is 4.31 Å². The molecule has 1 saturated carbocycles. The molecule has 0 unspecified atom stereocenters. The summed E-state index contributed by atoms with van der Waals surface area (Å²) in [6.07, 6.45) is 3.15. The van der Waals surface area contributed by atoms with Crippen molar-refractivity contribution < 1.29 is 27.1 Å². The van der Waals surface area contributed by atoms with Gasteiger partial charge in [-0.15, -0.1) is 0 Å². The molecule has 2 aromatic rings. The third-order valence-corrected chi connectivity index (χ3v) is 10.2. The second-order valence-corrected chi connectivity index (χ2v) is 12.7. The summed E-state index contributed by atoms with van der Waals surface area (Å²) >= 11 is 0. The zero-order valence-corrected chi connectivity index (χ0v) is 21.1. The maximum atomic E-state index is 15.6. The van der Waals surface area contributed by atoms with E-state index in [1.54, 1.807) is 44.2 Å². The molecule has 5 rings (SSSR count). The van der Waals surface area contributed by atoms with Gasteiger partial charge in [0.1, 0.15) is 16.9 Å². The molecule has 2 aromatic carbocycles. The largest absolute Gasteiger partial charge is 0.390 e. The Morgan fingerprint density at radius 2 is 1.81 bits per heavy atom. The zero-order valence-electron chi connectivity index (χ0n) is 20.3. The quantitative estimate of drug-likeness (QED) is 0.624. The van der Waals surface area contributed by atoms with E-state index in [0.29, 0.717) is 24.1 Å². The van der Waals surface area contributed by atoms with Crippen molar-refractivity contribution in [2.45, 2.75) is 74.8 Å². The fourth-order valence-corrected chi connectivity index (χ4v) is 8.32. The normalized spacial score (nSPS) is 32.0. The third-order valence-electron chi connectivity index (χ3n) is 7.82. The maximum absolute atomic E-state index is 15.6. The van der Waals surface area contributed by atoms with Crippen molar-refractivity contribution in [3.05, 3.63) is 82.6 Å². The minimum Gasteiger partial charge on any atom is -0.390 e. The molecular weight excluding hydrogens is 486 g/mol. The minimum atomic E-state index is -3.81. The van der Waals surface area contributed by atoms with Crippen LogP contribution in [0.25, 0.3) is 0 Å². The van der Waals surface area contributed by atoms with Crippen molar-refractivity contribution in [1.29, 1.82) is 0 Å². The molecule has 192 valence electrons. The monoisotopic (exact) mass is 516 g/mol. The maximum Gasteiger partial charge on any atom is 0.228 e. The number of rotatable bonds is 5. The lowest BCUT2D eigenvalue weighted by Gasteiger charge is -2.53. The standard InChI is InChI=1S/C27H30F2N2O4S/c1-17-8-9-23(18-6-4-3-5-7-18)36(34,35)31(17)14-19-12-22(29)20(13-21(19)28)27(15-26(2,33)16-27)24-10-11-25(32)30-24/h3-7,10,12-13,17,23,33H,8-9,11,14-16H2,1-2H3,(H,30,32)/t17-,23+,26?,27?/m0/s1. The van der Waals surface area contributed by atoms with E-state index >= 15 is 8.78 Å². The first-order chi connectivity index (χ1) is 16.9. The molecular formula is C27H30F2N2O4S. The molecule has 36 heavy (non-hydrogen) atoms. The number of carbonyl (C=O) groups is 1. The second-order valence-electron chi connectivity index (χ2n) is 10.6. The Morgan fingerprint density at radius 3 is 2.42 bits per heavy atom. The molecule has 0 aromatic heterocycles. The highest BCUT2D eigenvalue weighted by atomic mass is 32.2. The average molecular weight is 517 g/mol. The summed E-state index contributed by atoms with van der Waals surface area (Å²) in [5.41, 5.74) is -0.946. The average Bonchev–Trinajstić information content (AvgIpc) is 3.23. The van der Waals surface area contributed by atoms with Gasteiger partial charge in [-0.05, 0) is 57.2 Å². The zero-order chi connectivity index (χ0) is 25.9. The number of nitrogens with zero attached hydrogens (tertiary/aromatic N) is 1. The van der Waals surface area contributed by atoms with Gasteiger partial charge in [0.15, 0.2) is 0 Å². The van der Waals surface area contributed by atoms with Crippen LogP contribution in [-0.2, 0) is 26.8 Å². The van der Waals surface area contributed by atoms with Gasteiger partial charge >= 0.3 is 0 Å². The topological polar surface area (TPSA) is 86.7 Å². The number of aliphatic hydroxyl groups is 1. The predicted molar refractivity (Wildman–Crippen MR) is 131 cm³/mol. The Balaban J connectivity index is 1.47. The van der Waals surface area contributed by atoms with Crippen LogP contribution in [0.5, 0.6) is 0 Å². The van der Waals surface area contributed by atoms with Gasteiger partial charge in [0.2, 0.25) is 15.9 Å². The van der Waals surface area contributed by atoms with E-state index in [9.17, 15) is 18.3 Å². The molecule has 0 bridgehead atoms. The number of amides is 1. The Bertz CT molecular complexity index is 1330. The minimum absolute atomic E-state index is 0.0499. The summed E-state index contributed by atoms with van der Waals surface area (Å²) in [6, 6.07) is 10.7. The molecule has 1 amide bonds. The summed E-state index contributed by atoms with van der Waals surface area (Å²) in [6.45, 7) is 3.12. The van der Waals surface area contributed by atoms with Crippen molar-refractivity contribution >= 4 is 15.9 Å². The van der Waals surface area contributed by atoms with Crippen LogP contribution in [0.3, 0.4) is 0 Å². The SMILES string of the molecule is C[C@H]1CC[C@H](c2ccccc2)S(=O)(=O)N1Cc1cc(F)c(C2(C3=CCC(=O)N3)CC(C)(O)C2)cc1F. The van der Waals surface area contributed by atoms with Crippen LogP contribution in [0, 0.1) is 11.6 Å². The molecule has 1 aliphatic carbocycles. The summed E-state index contributed by atoms with van der Waals surface area (Å²) in [4.78, 5) is 11.8. The highest BCUT2D eigenvalue weighted by Gasteiger charge is 2.56. The van der Waals surface area contributed by atoms with E-state index in [-0.39, 0.29) is 48.9 Å². The van der Waals surface area contributed by atoms with Gasteiger partial charge in [0.05, 0.1) is 5.60 Å². The molecule has 2 N–H and O–H groups in total. The molecule has 1 saturated heterocycles. The molecule has 2 atom stereocenters. The Morgan fingerprint density at radius 1 is 1.11 bits per heavy atom. The predicted octanol–water partition coefficient (Wildman–Crippen LogP) is 4.21. The number of nitrogens with one attached hydrogen (secondary N) is 1. The van der Waals surface area contributed by atoms with Crippen LogP contribution >= 0.6 is 0 Å². The lowest BCUT2D eigenvalue weighted by molar-refractivity contribution is -0.119. The van der Waals surface area contributed by atoms with Crippen molar-refractivity contribution in [1.82, 2.24) is 9.62 Å². The van der Waals surface area contributed by atoms with Gasteiger partial charge in [0.25, 0.3) is 0 Å². The second kappa shape index (κ2) is 8.75. The van der Waals surface area contributed by atoms with E-state index in [1.807, 2.05) is 6.07 Å². The van der Waals surface area contributed by atoms with Crippen molar-refractivity contribution in [2.75, 3.05) is 0 Å². The number of sulfonamides is 1. The first-order valence-corrected chi connectivity index (χ1v) is 13.7. The fourth-order valence-electron chi connectivity index (χ4n) is 6.13. The molecule has 2 aliphatic heterocycles. The van der Waals surface area contributed by atoms with Crippen molar-refractivity contribution in [2.24, 2.45) is 0 Å². The summed E-state index contributed by atoms with van der Waals surface area (Å²) in [7, 11) is -3.81. The van der Waals surface area contributed by atoms with Crippen LogP contribution in [-0.4, -0.2) is 35.4 Å². The van der Waals surface area contributed by atoms with E-state index in [1.165, 1.54) is 4.31 Å². The highest BCUT2D eigenvalue weighted by molar-refractivity contribution is 7.89. The molecule has 0 radical (unpaired) electrons. The molecule has 2 heterocycles. The van der Waals surface area contributed by atoms with Gasteiger partial charge in [-0.3, -0.25) is 4.79 Å². The van der Waals surface area contributed by atoms with E-state index in [2.05, 4.69) is 5.32 Å². The first kappa shape index (κ1) is 25.0. The Kier molecular flexibility index (Phi) is 6.08. The van der Waals surface area contributed by atoms with Crippen LogP contribution in [0.2, 0.25) is 0 Å². The molecule has 6 nitrogen and oxygen atoms in total. The number of hydrogen-bond donors (Lipinski definition) is 2. The first-order valence-electron chi connectivity index (χ1n) is 12.2. The molecule has 0 spiro atoms. The van der Waals surface area contributed by atoms with Crippen LogP contribution < -0.4 is 5.32 Å². The van der Waals surface area contributed by atoms with Gasteiger partial charge in [-0.25, -0.2) is 17.2 Å². The molecule has 9 heteroatoms. The molecule has 2 fully saturated rings.